The molecule has 0 amide bonds. The van der Waals surface area contributed by atoms with Crippen LogP contribution in [-0.4, -0.2) is 21.3 Å². The molecule has 1 aromatic carbocycles. The van der Waals surface area contributed by atoms with Crippen LogP contribution in [0.25, 0.3) is 0 Å². The second kappa shape index (κ2) is 5.30. The van der Waals surface area contributed by atoms with E-state index in [-0.39, 0.29) is 0 Å². The third-order valence-electron chi connectivity index (χ3n) is 2.66. The van der Waals surface area contributed by atoms with Crippen molar-refractivity contribution in [3.8, 4) is 17.2 Å². The predicted molar refractivity (Wildman–Crippen MR) is 65.1 cm³/mol. The first-order chi connectivity index (χ1) is 7.62. The maximum atomic E-state index is 5.93. The van der Waals surface area contributed by atoms with E-state index in [0.29, 0.717) is 5.88 Å². The zero-order valence-electron chi connectivity index (χ0n) is 10.3. The lowest BCUT2D eigenvalue weighted by Gasteiger charge is -2.19. The molecule has 0 saturated carbocycles. The van der Waals surface area contributed by atoms with Crippen LogP contribution in [0.1, 0.15) is 16.7 Å². The molecule has 4 heteroatoms. The van der Waals surface area contributed by atoms with Gasteiger partial charge in [-0.25, -0.2) is 0 Å². The van der Waals surface area contributed by atoms with E-state index in [2.05, 4.69) is 0 Å². The van der Waals surface area contributed by atoms with E-state index >= 15 is 0 Å². The van der Waals surface area contributed by atoms with Gasteiger partial charge in [0.15, 0.2) is 0 Å². The van der Waals surface area contributed by atoms with Gasteiger partial charge in [-0.05, 0) is 13.8 Å². The first-order valence-corrected chi connectivity index (χ1v) is 5.49. The Balaban J connectivity index is 3.61. The fourth-order valence-corrected chi connectivity index (χ4v) is 2.27. The molecular formula is C12H17ClO3. The zero-order chi connectivity index (χ0) is 12.3. The number of methoxy groups -OCH3 is 3. The Morgan fingerprint density at radius 2 is 1.19 bits per heavy atom. The molecule has 1 aromatic rings. The molecule has 0 aliphatic carbocycles. The minimum absolute atomic E-state index is 0.345. The van der Waals surface area contributed by atoms with E-state index in [9.17, 15) is 0 Å². The molecular weight excluding hydrogens is 228 g/mol. The summed E-state index contributed by atoms with van der Waals surface area (Å²) in [6.45, 7) is 3.89. The summed E-state index contributed by atoms with van der Waals surface area (Å²) in [5, 5.41) is 0. The number of rotatable bonds is 4. The molecule has 0 fully saturated rings. The molecule has 0 N–H and O–H groups in total. The van der Waals surface area contributed by atoms with Gasteiger partial charge in [-0.3, -0.25) is 0 Å². The van der Waals surface area contributed by atoms with Gasteiger partial charge in [-0.1, -0.05) is 0 Å². The summed E-state index contributed by atoms with van der Waals surface area (Å²) in [5.74, 6) is 2.59. The lowest BCUT2D eigenvalue weighted by Crippen LogP contribution is -2.03. The summed E-state index contributed by atoms with van der Waals surface area (Å²) in [4.78, 5) is 0. The number of halogens is 1. The Morgan fingerprint density at radius 1 is 0.812 bits per heavy atom. The molecule has 0 bridgehead atoms. The molecule has 0 aromatic heterocycles. The molecule has 1 rings (SSSR count). The van der Waals surface area contributed by atoms with Crippen molar-refractivity contribution in [2.75, 3.05) is 21.3 Å². The van der Waals surface area contributed by atoms with Gasteiger partial charge >= 0.3 is 0 Å². The largest absolute Gasteiger partial charge is 0.496 e. The second-order valence-corrected chi connectivity index (χ2v) is 3.73. The topological polar surface area (TPSA) is 27.7 Å². The van der Waals surface area contributed by atoms with Crippen molar-refractivity contribution < 1.29 is 14.2 Å². The minimum Gasteiger partial charge on any atom is -0.496 e. The lowest BCUT2D eigenvalue weighted by molar-refractivity contribution is 0.363. The van der Waals surface area contributed by atoms with Crippen LogP contribution in [-0.2, 0) is 5.88 Å². The monoisotopic (exact) mass is 244 g/mol. The standard InChI is InChI=1S/C12H17ClO3/c1-7-10(14-3)8(2)12(16-5)9(6-13)11(7)15-4/h6H2,1-5H3. The van der Waals surface area contributed by atoms with Crippen LogP contribution in [0.5, 0.6) is 17.2 Å². The lowest BCUT2D eigenvalue weighted by atomic mass is 10.0. The smallest absolute Gasteiger partial charge is 0.133 e. The molecule has 3 nitrogen and oxygen atoms in total. The van der Waals surface area contributed by atoms with E-state index in [4.69, 9.17) is 25.8 Å². The quantitative estimate of drug-likeness (QED) is 0.762. The molecule has 0 unspecified atom stereocenters. The van der Waals surface area contributed by atoms with Crippen molar-refractivity contribution in [3.63, 3.8) is 0 Å². The number of ether oxygens (including phenoxy) is 3. The molecule has 0 heterocycles. The summed E-state index contributed by atoms with van der Waals surface area (Å²) in [6.07, 6.45) is 0. The average Bonchev–Trinajstić information content (AvgIpc) is 2.29. The highest BCUT2D eigenvalue weighted by atomic mass is 35.5. The Kier molecular flexibility index (Phi) is 4.30. The molecule has 90 valence electrons. The van der Waals surface area contributed by atoms with Crippen molar-refractivity contribution in [3.05, 3.63) is 16.7 Å². The first kappa shape index (κ1) is 13.0. The Bertz CT molecular complexity index is 357. The number of benzene rings is 1. The van der Waals surface area contributed by atoms with Crippen LogP contribution in [0, 0.1) is 13.8 Å². The number of alkyl halides is 1. The van der Waals surface area contributed by atoms with Gasteiger partial charge in [-0.15, -0.1) is 11.6 Å². The predicted octanol–water partition coefficient (Wildman–Crippen LogP) is 3.07. The zero-order valence-corrected chi connectivity index (χ0v) is 11.1. The third kappa shape index (κ3) is 1.92. The minimum atomic E-state index is 0.345. The van der Waals surface area contributed by atoms with Crippen molar-refractivity contribution in [1.29, 1.82) is 0 Å². The fraction of sp³-hybridized carbons (Fsp3) is 0.500. The van der Waals surface area contributed by atoms with Crippen LogP contribution >= 0.6 is 11.6 Å². The van der Waals surface area contributed by atoms with Gasteiger partial charge in [0.05, 0.1) is 32.8 Å². The van der Waals surface area contributed by atoms with Crippen LogP contribution in [0.15, 0.2) is 0 Å². The molecule has 16 heavy (non-hydrogen) atoms. The fourth-order valence-electron chi connectivity index (χ4n) is 2.02. The van der Waals surface area contributed by atoms with E-state index in [1.165, 1.54) is 0 Å². The van der Waals surface area contributed by atoms with E-state index in [0.717, 1.165) is 33.9 Å². The highest BCUT2D eigenvalue weighted by molar-refractivity contribution is 6.17. The molecule has 0 radical (unpaired) electrons. The summed E-state index contributed by atoms with van der Waals surface area (Å²) in [6, 6.07) is 0. The second-order valence-electron chi connectivity index (χ2n) is 3.46. The summed E-state index contributed by atoms with van der Waals surface area (Å²) in [5.41, 5.74) is 2.75. The van der Waals surface area contributed by atoms with E-state index in [1.807, 2.05) is 13.8 Å². The van der Waals surface area contributed by atoms with Gasteiger partial charge in [0.2, 0.25) is 0 Å². The van der Waals surface area contributed by atoms with Gasteiger partial charge in [-0.2, -0.15) is 0 Å². The van der Waals surface area contributed by atoms with Gasteiger partial charge in [0.25, 0.3) is 0 Å². The van der Waals surface area contributed by atoms with Crippen LogP contribution in [0.3, 0.4) is 0 Å². The van der Waals surface area contributed by atoms with Crippen molar-refractivity contribution in [2.24, 2.45) is 0 Å². The summed E-state index contributed by atoms with van der Waals surface area (Å²) < 4.78 is 16.1. The Labute approximate surface area is 101 Å². The first-order valence-electron chi connectivity index (χ1n) is 4.96. The molecule has 0 saturated heterocycles. The maximum absolute atomic E-state index is 5.93. The van der Waals surface area contributed by atoms with Crippen molar-refractivity contribution in [2.45, 2.75) is 19.7 Å². The van der Waals surface area contributed by atoms with E-state index < -0.39 is 0 Å². The third-order valence-corrected chi connectivity index (χ3v) is 2.92. The highest BCUT2D eigenvalue weighted by Crippen LogP contribution is 2.43. The molecule has 0 aliphatic rings. The Hall–Kier alpha value is -1.09. The van der Waals surface area contributed by atoms with E-state index in [1.54, 1.807) is 21.3 Å². The highest BCUT2D eigenvalue weighted by Gasteiger charge is 2.20. The van der Waals surface area contributed by atoms with Crippen molar-refractivity contribution >= 4 is 11.6 Å². The SMILES string of the molecule is COc1c(C)c(OC)c(CCl)c(OC)c1C. The maximum Gasteiger partial charge on any atom is 0.133 e. The summed E-state index contributed by atoms with van der Waals surface area (Å²) in [7, 11) is 4.87. The summed E-state index contributed by atoms with van der Waals surface area (Å²) >= 11 is 5.93. The van der Waals surface area contributed by atoms with Gasteiger partial charge in [0.1, 0.15) is 17.2 Å². The normalized spacial score (nSPS) is 10.1. The van der Waals surface area contributed by atoms with Crippen LogP contribution in [0.4, 0.5) is 0 Å². The van der Waals surface area contributed by atoms with Crippen molar-refractivity contribution in [1.82, 2.24) is 0 Å². The van der Waals surface area contributed by atoms with Crippen LogP contribution in [0.2, 0.25) is 0 Å². The van der Waals surface area contributed by atoms with Crippen LogP contribution < -0.4 is 14.2 Å². The average molecular weight is 245 g/mol. The Morgan fingerprint density at radius 3 is 1.44 bits per heavy atom. The van der Waals surface area contributed by atoms with Gasteiger partial charge < -0.3 is 14.2 Å². The van der Waals surface area contributed by atoms with Gasteiger partial charge in [0, 0.05) is 11.1 Å². The molecule has 0 aliphatic heterocycles. The molecule has 0 spiro atoms. The number of hydrogen-bond donors (Lipinski definition) is 0. The molecule has 0 atom stereocenters. The number of hydrogen-bond acceptors (Lipinski definition) is 3.